The Labute approximate surface area is 282 Å². The van der Waals surface area contributed by atoms with Gasteiger partial charge in [0.15, 0.2) is 9.84 Å². The number of likely N-dealkylation sites (tertiary alicyclic amines) is 1. The number of amides is 4. The Morgan fingerprint density at radius 1 is 0.979 bits per heavy atom. The molecule has 0 aromatic carbocycles. The fraction of sp³-hybridized carbons (Fsp3) is 0.886. The second-order valence-electron chi connectivity index (χ2n) is 17.3. The number of rotatable bonds is 15. The molecule has 12 heteroatoms. The van der Waals surface area contributed by atoms with Crippen molar-refractivity contribution in [1.29, 1.82) is 0 Å². The molecule has 4 rings (SSSR count). The molecule has 3 saturated carbocycles. The van der Waals surface area contributed by atoms with Crippen molar-refractivity contribution in [2.24, 2.45) is 40.2 Å². The number of carbonyl (C=O) groups is 4. The highest BCUT2D eigenvalue weighted by Gasteiger charge is 2.68. The minimum Gasteiger partial charge on any atom is -0.363 e. The van der Waals surface area contributed by atoms with E-state index in [4.69, 9.17) is 5.73 Å². The lowest BCUT2D eigenvalue weighted by Crippen LogP contribution is -2.62. The molecular formula is C35H61N5O6S. The molecular weight excluding hydrogens is 618 g/mol. The number of ketones is 1. The van der Waals surface area contributed by atoms with Crippen molar-refractivity contribution in [1.82, 2.24) is 20.9 Å². The van der Waals surface area contributed by atoms with Crippen LogP contribution in [0.1, 0.15) is 113 Å². The van der Waals surface area contributed by atoms with Gasteiger partial charge in [-0.3, -0.25) is 19.3 Å². The Morgan fingerprint density at radius 3 is 2.15 bits per heavy atom. The summed E-state index contributed by atoms with van der Waals surface area (Å²) in [5, 5.41) is 9.25. The van der Waals surface area contributed by atoms with E-state index in [9.17, 15) is 27.6 Å². The lowest BCUT2D eigenvalue weighted by atomic mass is 9.80. The lowest BCUT2D eigenvalue weighted by Gasteiger charge is -2.41. The quantitative estimate of drug-likeness (QED) is 0.192. The van der Waals surface area contributed by atoms with Crippen molar-refractivity contribution < 1.29 is 27.6 Å². The van der Waals surface area contributed by atoms with Crippen molar-refractivity contribution in [2.45, 2.75) is 136 Å². The average Bonchev–Trinajstić information content (AvgIpc) is 3.23. The van der Waals surface area contributed by atoms with Gasteiger partial charge in [-0.25, -0.2) is 13.2 Å². The van der Waals surface area contributed by atoms with Crippen molar-refractivity contribution >= 4 is 33.5 Å². The highest BCUT2D eigenvalue weighted by atomic mass is 32.2. The summed E-state index contributed by atoms with van der Waals surface area (Å²) >= 11 is 0. The van der Waals surface area contributed by atoms with E-state index in [1.54, 1.807) is 0 Å². The van der Waals surface area contributed by atoms with Gasteiger partial charge in [0.05, 0.1) is 29.1 Å². The molecule has 5 atom stereocenters. The molecule has 0 bridgehead atoms. The van der Waals surface area contributed by atoms with Crippen LogP contribution in [-0.2, 0) is 24.2 Å². The van der Waals surface area contributed by atoms with Crippen LogP contribution in [0.3, 0.4) is 0 Å². The van der Waals surface area contributed by atoms with Crippen LogP contribution in [-0.4, -0.2) is 85.2 Å². The number of hydrogen-bond acceptors (Lipinski definition) is 7. The molecule has 3 aliphatic carbocycles. The van der Waals surface area contributed by atoms with Gasteiger partial charge in [0, 0.05) is 19.1 Å². The number of nitrogens with two attached hydrogens (primary N) is 1. The summed E-state index contributed by atoms with van der Waals surface area (Å²) < 4.78 is 26.3. The molecule has 4 fully saturated rings. The predicted octanol–water partition coefficient (Wildman–Crippen LogP) is 3.55. The first-order valence-corrected chi connectivity index (χ1v) is 19.7. The Bertz CT molecular complexity index is 1280. The molecule has 3 unspecified atom stereocenters. The normalized spacial score (nSPS) is 26.9. The Kier molecular flexibility index (Phi) is 11.5. The standard InChI is InChI=1S/C35H61N5O6S/c1-22(2)14-17-47(45,46)21-35(15-9-8-10-16-35)39-32(44)38-26(33(3,4)5)20-40-19-24-27(34(24,6)7)28(40)31(43)37-25(29(41)30(36)42)18-23-12-11-13-23/h22-28H,8-21H2,1-7H3,(H2,36,42)(H,37,43)(H2,38,39,44)/t24?,25?,26-,27?,28+/m1/s1. The zero-order chi connectivity index (χ0) is 34.9. The number of carbonyl (C=O) groups excluding carboxylic acids is 4. The van der Waals surface area contributed by atoms with Gasteiger partial charge in [-0.05, 0) is 60.2 Å². The Morgan fingerprint density at radius 2 is 1.62 bits per heavy atom. The highest BCUT2D eigenvalue weighted by molar-refractivity contribution is 7.91. The van der Waals surface area contributed by atoms with Crippen LogP contribution in [0.15, 0.2) is 0 Å². The van der Waals surface area contributed by atoms with E-state index in [0.29, 0.717) is 50.6 Å². The van der Waals surface area contributed by atoms with Crippen molar-refractivity contribution in [3.8, 4) is 0 Å². The van der Waals surface area contributed by atoms with Gasteiger partial charge < -0.3 is 21.7 Å². The molecule has 1 saturated heterocycles. The fourth-order valence-corrected chi connectivity index (χ4v) is 10.4. The molecule has 47 heavy (non-hydrogen) atoms. The van der Waals surface area contributed by atoms with Gasteiger partial charge in [-0.15, -0.1) is 0 Å². The number of fused-ring (bicyclic) bond motifs is 1. The number of Topliss-reactive ketones (excluding diaryl/α,β-unsaturated/α-hetero) is 1. The van der Waals surface area contributed by atoms with Crippen LogP contribution < -0.4 is 21.7 Å². The molecule has 1 aliphatic heterocycles. The maximum Gasteiger partial charge on any atom is 0.315 e. The smallest absolute Gasteiger partial charge is 0.315 e. The number of hydrogen-bond donors (Lipinski definition) is 4. The second kappa shape index (κ2) is 14.3. The van der Waals surface area contributed by atoms with E-state index in [-0.39, 0.29) is 52.2 Å². The SMILES string of the molecule is CC(C)CCS(=O)(=O)CC1(NC(=O)N[C@H](CN2CC3C([C@H]2C(=O)NC(CC2CCC2)C(=O)C(N)=O)C3(C)C)C(C)(C)C)CCCCC1. The molecule has 0 aromatic rings. The number of sulfone groups is 1. The van der Waals surface area contributed by atoms with Gasteiger partial charge in [0.2, 0.25) is 11.7 Å². The summed E-state index contributed by atoms with van der Waals surface area (Å²) in [6.45, 7) is 15.6. The molecule has 0 radical (unpaired) electrons. The first-order chi connectivity index (χ1) is 21.7. The molecule has 1 heterocycles. The van der Waals surface area contributed by atoms with Crippen molar-refractivity contribution in [3.63, 3.8) is 0 Å². The first kappa shape index (κ1) is 37.6. The summed E-state index contributed by atoms with van der Waals surface area (Å²) in [6, 6.07) is -2.18. The molecule has 0 aromatic heterocycles. The van der Waals surface area contributed by atoms with E-state index in [2.05, 4.69) is 34.7 Å². The minimum atomic E-state index is -3.36. The van der Waals surface area contributed by atoms with Gasteiger partial charge in [0.1, 0.15) is 0 Å². The highest BCUT2D eigenvalue weighted by Crippen LogP contribution is 2.65. The number of piperidine rings is 1. The minimum absolute atomic E-state index is 0.0356. The maximum atomic E-state index is 14.0. The molecule has 0 spiro atoms. The topological polar surface area (TPSA) is 168 Å². The van der Waals surface area contributed by atoms with Crippen LogP contribution >= 0.6 is 0 Å². The van der Waals surface area contributed by atoms with E-state index in [1.165, 1.54) is 0 Å². The van der Waals surface area contributed by atoms with Crippen molar-refractivity contribution in [2.75, 3.05) is 24.6 Å². The fourth-order valence-electron chi connectivity index (χ4n) is 8.24. The van der Waals surface area contributed by atoms with E-state index < -0.39 is 39.2 Å². The average molecular weight is 680 g/mol. The largest absolute Gasteiger partial charge is 0.363 e. The van der Waals surface area contributed by atoms with Crippen LogP contribution in [0.2, 0.25) is 0 Å². The van der Waals surface area contributed by atoms with E-state index in [1.807, 2.05) is 34.6 Å². The summed E-state index contributed by atoms with van der Waals surface area (Å²) in [5.74, 6) is -1.04. The summed E-state index contributed by atoms with van der Waals surface area (Å²) in [5.41, 5.74) is 4.16. The number of nitrogens with one attached hydrogen (secondary N) is 3. The first-order valence-electron chi connectivity index (χ1n) is 17.9. The molecule has 4 aliphatic rings. The van der Waals surface area contributed by atoms with E-state index >= 15 is 0 Å². The summed E-state index contributed by atoms with van der Waals surface area (Å²) in [7, 11) is -3.36. The second-order valence-corrected chi connectivity index (χ2v) is 19.5. The molecule has 11 nitrogen and oxygen atoms in total. The number of nitrogens with zero attached hydrogens (tertiary/aromatic N) is 1. The lowest BCUT2D eigenvalue weighted by molar-refractivity contribution is -0.139. The van der Waals surface area contributed by atoms with Gasteiger partial charge >= 0.3 is 6.03 Å². The third-order valence-corrected chi connectivity index (χ3v) is 13.6. The zero-order valence-electron chi connectivity index (χ0n) is 29.8. The van der Waals surface area contributed by atoms with Gasteiger partial charge in [-0.2, -0.15) is 0 Å². The Balaban J connectivity index is 1.48. The number of primary amides is 1. The van der Waals surface area contributed by atoms with Crippen LogP contribution in [0.5, 0.6) is 0 Å². The summed E-state index contributed by atoms with van der Waals surface area (Å²) in [6.07, 6.45) is 8.03. The third-order valence-electron chi connectivity index (χ3n) is 11.7. The third kappa shape index (κ3) is 9.28. The van der Waals surface area contributed by atoms with Gasteiger partial charge in [-0.1, -0.05) is 87.0 Å². The van der Waals surface area contributed by atoms with Gasteiger partial charge in [0.25, 0.3) is 5.91 Å². The predicted molar refractivity (Wildman–Crippen MR) is 183 cm³/mol. The van der Waals surface area contributed by atoms with Crippen molar-refractivity contribution in [3.05, 3.63) is 0 Å². The molecule has 268 valence electrons. The molecule has 4 amide bonds. The van der Waals surface area contributed by atoms with Crippen LogP contribution in [0.25, 0.3) is 0 Å². The van der Waals surface area contributed by atoms with Crippen LogP contribution in [0.4, 0.5) is 4.79 Å². The Hall–Kier alpha value is -2.21. The van der Waals surface area contributed by atoms with E-state index in [0.717, 1.165) is 38.5 Å². The monoisotopic (exact) mass is 679 g/mol. The molecule has 5 N–H and O–H groups in total. The number of urea groups is 1. The zero-order valence-corrected chi connectivity index (χ0v) is 30.6. The van der Waals surface area contributed by atoms with Crippen LogP contribution in [0, 0.1) is 34.5 Å². The maximum absolute atomic E-state index is 14.0. The summed E-state index contributed by atoms with van der Waals surface area (Å²) in [4.78, 5) is 54.4.